The van der Waals surface area contributed by atoms with Gasteiger partial charge in [0.15, 0.2) is 5.78 Å². The number of hydrogen-bond acceptors (Lipinski definition) is 4. The molecule has 0 saturated heterocycles. The fourth-order valence-electron chi connectivity index (χ4n) is 2.47. The lowest BCUT2D eigenvalue weighted by atomic mass is 10.0. The van der Waals surface area contributed by atoms with Gasteiger partial charge in [-0.3, -0.25) is 19.1 Å². The first-order valence-corrected chi connectivity index (χ1v) is 7.59. The van der Waals surface area contributed by atoms with E-state index >= 15 is 0 Å². The number of nitrogens with one attached hydrogen (secondary N) is 1. The molecule has 0 amide bonds. The van der Waals surface area contributed by atoms with Crippen molar-refractivity contribution in [3.8, 4) is 0 Å². The minimum atomic E-state index is -0.173. The fraction of sp³-hybridized carbons (Fsp3) is 0.105. The Hall–Kier alpha value is -3.21. The van der Waals surface area contributed by atoms with Crippen molar-refractivity contribution in [2.75, 3.05) is 5.32 Å². The van der Waals surface area contributed by atoms with E-state index in [9.17, 15) is 9.59 Å². The van der Waals surface area contributed by atoms with Gasteiger partial charge in [0.05, 0.1) is 5.56 Å². The number of hydrogen-bond donors (Lipinski definition) is 1. The van der Waals surface area contributed by atoms with E-state index in [1.165, 1.54) is 10.6 Å². The summed E-state index contributed by atoms with van der Waals surface area (Å²) in [6, 6.07) is 15.8. The number of aromatic nitrogens is 2. The van der Waals surface area contributed by atoms with E-state index < -0.39 is 0 Å². The van der Waals surface area contributed by atoms with Crippen molar-refractivity contribution in [3.05, 3.63) is 94.0 Å². The lowest BCUT2D eigenvalue weighted by Crippen LogP contribution is -2.23. The van der Waals surface area contributed by atoms with Crippen LogP contribution in [0.2, 0.25) is 0 Å². The highest BCUT2D eigenvalue weighted by Crippen LogP contribution is 2.18. The molecule has 0 saturated carbocycles. The molecule has 3 rings (SSSR count). The Bertz CT molecular complexity index is 903. The maximum absolute atomic E-state index is 12.8. The van der Waals surface area contributed by atoms with Crippen LogP contribution in [0.4, 0.5) is 5.82 Å². The number of carbonyl (C=O) groups is 1. The van der Waals surface area contributed by atoms with Crippen LogP contribution in [-0.4, -0.2) is 15.3 Å². The van der Waals surface area contributed by atoms with Crippen molar-refractivity contribution >= 4 is 11.6 Å². The third-order valence-electron chi connectivity index (χ3n) is 3.78. The van der Waals surface area contributed by atoms with Crippen LogP contribution in [0, 0.1) is 0 Å². The van der Waals surface area contributed by atoms with Gasteiger partial charge in [0.25, 0.3) is 5.56 Å². The standard InChI is InChI=1S/C19H17N3O2/c1-22-17(23)10-9-16(18(24)15-7-3-2-4-8-15)19(22)21-13-14-6-5-11-20-12-14/h2-12,21H,13H2,1H3. The molecule has 2 heterocycles. The molecule has 24 heavy (non-hydrogen) atoms. The molecular weight excluding hydrogens is 302 g/mol. The van der Waals surface area contributed by atoms with Gasteiger partial charge in [-0.25, -0.2) is 0 Å². The minimum absolute atomic E-state index is 0.125. The third kappa shape index (κ3) is 3.25. The second kappa shape index (κ2) is 6.91. The van der Waals surface area contributed by atoms with E-state index in [1.54, 1.807) is 37.6 Å². The monoisotopic (exact) mass is 319 g/mol. The molecule has 0 aliphatic rings. The molecule has 0 unspecified atom stereocenters. The van der Waals surface area contributed by atoms with Crippen LogP contribution in [0.15, 0.2) is 71.8 Å². The summed E-state index contributed by atoms with van der Waals surface area (Å²) in [6.07, 6.45) is 3.44. The topological polar surface area (TPSA) is 64.0 Å². The molecule has 0 bridgehead atoms. The number of anilines is 1. The number of benzene rings is 1. The van der Waals surface area contributed by atoms with Gasteiger partial charge in [0, 0.05) is 37.6 Å². The largest absolute Gasteiger partial charge is 0.367 e. The Labute approximate surface area is 139 Å². The lowest BCUT2D eigenvalue weighted by molar-refractivity contribution is 0.103. The Kier molecular flexibility index (Phi) is 4.52. The zero-order valence-electron chi connectivity index (χ0n) is 13.3. The number of ketones is 1. The highest BCUT2D eigenvalue weighted by Gasteiger charge is 2.16. The van der Waals surface area contributed by atoms with Crippen molar-refractivity contribution in [3.63, 3.8) is 0 Å². The van der Waals surface area contributed by atoms with Crippen LogP contribution in [-0.2, 0) is 13.6 Å². The van der Waals surface area contributed by atoms with Gasteiger partial charge in [-0.05, 0) is 17.7 Å². The van der Waals surface area contributed by atoms with Crippen LogP contribution >= 0.6 is 0 Å². The number of carbonyl (C=O) groups excluding carboxylic acids is 1. The van der Waals surface area contributed by atoms with E-state index in [0.717, 1.165) is 5.56 Å². The van der Waals surface area contributed by atoms with Crippen LogP contribution < -0.4 is 10.9 Å². The van der Waals surface area contributed by atoms with Crippen LogP contribution in [0.3, 0.4) is 0 Å². The summed E-state index contributed by atoms with van der Waals surface area (Å²) in [7, 11) is 1.65. The summed E-state index contributed by atoms with van der Waals surface area (Å²) >= 11 is 0. The molecule has 1 aromatic carbocycles. The number of nitrogens with zero attached hydrogens (tertiary/aromatic N) is 2. The smallest absolute Gasteiger partial charge is 0.251 e. The summed E-state index contributed by atoms with van der Waals surface area (Å²) in [5.41, 5.74) is 1.84. The van der Waals surface area contributed by atoms with Crippen LogP contribution in [0.25, 0.3) is 0 Å². The average Bonchev–Trinajstić information content (AvgIpc) is 2.64. The van der Waals surface area contributed by atoms with Gasteiger partial charge >= 0.3 is 0 Å². The first-order valence-electron chi connectivity index (χ1n) is 7.59. The zero-order chi connectivity index (χ0) is 16.9. The Balaban J connectivity index is 1.96. The summed E-state index contributed by atoms with van der Waals surface area (Å²) < 4.78 is 1.45. The van der Waals surface area contributed by atoms with Gasteiger partial charge in [0.1, 0.15) is 5.82 Å². The molecule has 120 valence electrons. The molecule has 5 nitrogen and oxygen atoms in total. The van der Waals surface area contributed by atoms with Gasteiger partial charge < -0.3 is 5.32 Å². The van der Waals surface area contributed by atoms with Crippen molar-refractivity contribution in [2.24, 2.45) is 7.05 Å². The lowest BCUT2D eigenvalue weighted by Gasteiger charge is -2.15. The highest BCUT2D eigenvalue weighted by molar-refractivity contribution is 6.11. The van der Waals surface area contributed by atoms with Gasteiger partial charge in [-0.15, -0.1) is 0 Å². The average molecular weight is 319 g/mol. The van der Waals surface area contributed by atoms with Gasteiger partial charge in [-0.2, -0.15) is 0 Å². The van der Waals surface area contributed by atoms with Crippen LogP contribution in [0.5, 0.6) is 0 Å². The molecule has 0 radical (unpaired) electrons. The zero-order valence-corrected chi connectivity index (χ0v) is 13.3. The molecule has 5 heteroatoms. The normalized spacial score (nSPS) is 10.4. The quantitative estimate of drug-likeness (QED) is 0.734. The number of pyridine rings is 2. The van der Waals surface area contributed by atoms with Gasteiger partial charge in [-0.1, -0.05) is 36.4 Å². The maximum Gasteiger partial charge on any atom is 0.251 e. The summed E-state index contributed by atoms with van der Waals surface area (Å²) in [5, 5.41) is 3.19. The van der Waals surface area contributed by atoms with Crippen LogP contribution in [0.1, 0.15) is 21.5 Å². The first-order chi connectivity index (χ1) is 11.7. The third-order valence-corrected chi connectivity index (χ3v) is 3.78. The predicted octanol–water partition coefficient (Wildman–Crippen LogP) is 2.62. The van der Waals surface area contributed by atoms with Crippen molar-refractivity contribution in [1.29, 1.82) is 0 Å². The second-order valence-electron chi connectivity index (χ2n) is 5.40. The maximum atomic E-state index is 12.8. The molecular formula is C19H17N3O2. The van der Waals surface area contributed by atoms with Crippen molar-refractivity contribution in [2.45, 2.75) is 6.54 Å². The molecule has 1 N–H and O–H groups in total. The molecule has 0 atom stereocenters. The second-order valence-corrected chi connectivity index (χ2v) is 5.40. The molecule has 0 aliphatic heterocycles. The Morgan fingerprint density at radius 1 is 1.08 bits per heavy atom. The summed E-state index contributed by atoms with van der Waals surface area (Å²) in [6.45, 7) is 0.472. The Morgan fingerprint density at radius 3 is 2.58 bits per heavy atom. The van der Waals surface area contributed by atoms with Crippen molar-refractivity contribution in [1.82, 2.24) is 9.55 Å². The van der Waals surface area contributed by atoms with E-state index in [-0.39, 0.29) is 11.3 Å². The van der Waals surface area contributed by atoms with Gasteiger partial charge in [0.2, 0.25) is 0 Å². The van der Waals surface area contributed by atoms with E-state index in [4.69, 9.17) is 0 Å². The minimum Gasteiger partial charge on any atom is -0.367 e. The van der Waals surface area contributed by atoms with E-state index in [2.05, 4.69) is 10.3 Å². The molecule has 2 aromatic heterocycles. The predicted molar refractivity (Wildman–Crippen MR) is 93.1 cm³/mol. The highest BCUT2D eigenvalue weighted by atomic mass is 16.1. The molecule has 0 spiro atoms. The Morgan fingerprint density at radius 2 is 1.88 bits per heavy atom. The van der Waals surface area contributed by atoms with Crippen molar-refractivity contribution < 1.29 is 4.79 Å². The SMILES string of the molecule is Cn1c(NCc2cccnc2)c(C(=O)c2ccccc2)ccc1=O. The molecule has 0 fully saturated rings. The first kappa shape index (κ1) is 15.7. The fourth-order valence-corrected chi connectivity index (χ4v) is 2.47. The van der Waals surface area contributed by atoms with E-state index in [1.807, 2.05) is 30.3 Å². The van der Waals surface area contributed by atoms with E-state index in [0.29, 0.717) is 23.5 Å². The molecule has 3 aromatic rings. The summed E-state index contributed by atoms with van der Waals surface area (Å²) in [4.78, 5) is 28.8. The molecule has 0 aliphatic carbocycles. The number of rotatable bonds is 5. The summed E-state index contributed by atoms with van der Waals surface area (Å²) in [5.74, 6) is 0.375.